The Balaban J connectivity index is 1.98. The van der Waals surface area contributed by atoms with Gasteiger partial charge in [-0.05, 0) is 16.7 Å². The van der Waals surface area contributed by atoms with Gasteiger partial charge in [-0.15, -0.1) is 0 Å². The maximum atomic E-state index is 12.1. The SMILES string of the molecule is CCCS(=O)(=O)N1CCN(C(=O)c2nonc2N)CC1. The molecule has 0 bridgehead atoms. The predicted octanol–water partition coefficient (Wildman–Crippen LogP) is -0.851. The van der Waals surface area contributed by atoms with E-state index in [4.69, 9.17) is 5.73 Å². The van der Waals surface area contributed by atoms with E-state index in [1.807, 2.05) is 6.92 Å². The predicted molar refractivity (Wildman–Crippen MR) is 70.3 cm³/mol. The van der Waals surface area contributed by atoms with Crippen molar-refractivity contribution in [3.05, 3.63) is 5.69 Å². The number of anilines is 1. The van der Waals surface area contributed by atoms with Gasteiger partial charge in [0.2, 0.25) is 21.5 Å². The maximum absolute atomic E-state index is 12.1. The van der Waals surface area contributed by atoms with Gasteiger partial charge < -0.3 is 10.6 Å². The molecular formula is C10H17N5O4S. The molecule has 1 aliphatic rings. The van der Waals surface area contributed by atoms with Crippen molar-refractivity contribution >= 4 is 21.7 Å². The lowest BCUT2D eigenvalue weighted by Crippen LogP contribution is -2.51. The lowest BCUT2D eigenvalue weighted by Gasteiger charge is -2.33. The molecule has 0 aliphatic carbocycles. The first-order valence-electron chi connectivity index (χ1n) is 6.31. The van der Waals surface area contributed by atoms with Crippen LogP contribution < -0.4 is 5.73 Å². The van der Waals surface area contributed by atoms with Gasteiger partial charge in [-0.25, -0.2) is 13.0 Å². The number of nitrogens with zero attached hydrogens (tertiary/aromatic N) is 4. The first-order chi connectivity index (χ1) is 9.45. The number of piperazine rings is 1. The van der Waals surface area contributed by atoms with Crippen LogP contribution in [0.25, 0.3) is 0 Å². The summed E-state index contributed by atoms with van der Waals surface area (Å²) in [5.74, 6) is -0.325. The fourth-order valence-corrected chi connectivity index (χ4v) is 3.54. The number of carbonyl (C=O) groups is 1. The minimum Gasteiger partial charge on any atom is -0.379 e. The van der Waals surface area contributed by atoms with Crippen LogP contribution in [0.15, 0.2) is 4.63 Å². The Morgan fingerprint density at radius 3 is 2.45 bits per heavy atom. The number of rotatable bonds is 4. The first kappa shape index (κ1) is 14.7. The van der Waals surface area contributed by atoms with Crippen molar-refractivity contribution in [2.45, 2.75) is 13.3 Å². The molecule has 0 atom stereocenters. The number of amides is 1. The van der Waals surface area contributed by atoms with Gasteiger partial charge in [0.1, 0.15) is 0 Å². The normalized spacial score (nSPS) is 17.4. The standard InChI is InChI=1S/C10H17N5O4S/c1-2-7-20(17,18)15-5-3-14(4-6-15)10(16)8-9(11)13-19-12-8/h2-7H2,1H3,(H2,11,13). The third-order valence-corrected chi connectivity index (χ3v) is 5.17. The van der Waals surface area contributed by atoms with Crippen LogP contribution in [0.1, 0.15) is 23.8 Å². The third kappa shape index (κ3) is 2.90. The fourth-order valence-electron chi connectivity index (χ4n) is 2.05. The van der Waals surface area contributed by atoms with Crippen molar-refractivity contribution in [2.24, 2.45) is 0 Å². The van der Waals surface area contributed by atoms with E-state index in [2.05, 4.69) is 14.9 Å². The van der Waals surface area contributed by atoms with Crippen molar-refractivity contribution in [1.82, 2.24) is 19.5 Å². The lowest BCUT2D eigenvalue weighted by atomic mass is 10.3. The number of nitrogens with two attached hydrogens (primary N) is 1. The summed E-state index contributed by atoms with van der Waals surface area (Å²) in [6.07, 6.45) is 0.572. The topological polar surface area (TPSA) is 123 Å². The molecule has 0 radical (unpaired) electrons. The molecular weight excluding hydrogens is 286 g/mol. The van der Waals surface area contributed by atoms with E-state index in [0.29, 0.717) is 19.5 Å². The van der Waals surface area contributed by atoms with Gasteiger partial charge in [-0.2, -0.15) is 4.31 Å². The Morgan fingerprint density at radius 2 is 1.95 bits per heavy atom. The van der Waals surface area contributed by atoms with Gasteiger partial charge in [0.25, 0.3) is 5.91 Å². The van der Waals surface area contributed by atoms with E-state index in [1.165, 1.54) is 9.21 Å². The van der Waals surface area contributed by atoms with Crippen LogP contribution in [0, 0.1) is 0 Å². The minimum absolute atomic E-state index is 0.0325. The summed E-state index contributed by atoms with van der Waals surface area (Å²) in [7, 11) is -3.22. The van der Waals surface area contributed by atoms with Crippen LogP contribution in [-0.4, -0.2) is 65.8 Å². The Kier molecular flexibility index (Phi) is 4.23. The molecule has 112 valence electrons. The molecule has 1 amide bonds. The zero-order valence-corrected chi connectivity index (χ0v) is 12.0. The molecule has 1 saturated heterocycles. The molecule has 2 rings (SSSR count). The monoisotopic (exact) mass is 303 g/mol. The van der Waals surface area contributed by atoms with E-state index < -0.39 is 15.9 Å². The zero-order valence-electron chi connectivity index (χ0n) is 11.2. The third-order valence-electron chi connectivity index (χ3n) is 3.10. The summed E-state index contributed by atoms with van der Waals surface area (Å²) in [6.45, 7) is 2.97. The van der Waals surface area contributed by atoms with Crippen LogP contribution >= 0.6 is 0 Å². The highest BCUT2D eigenvalue weighted by molar-refractivity contribution is 7.89. The van der Waals surface area contributed by atoms with Gasteiger partial charge in [0, 0.05) is 26.2 Å². The Hall–Kier alpha value is -1.68. The van der Waals surface area contributed by atoms with E-state index in [1.54, 1.807) is 0 Å². The molecule has 10 heteroatoms. The van der Waals surface area contributed by atoms with E-state index in [-0.39, 0.29) is 30.4 Å². The Morgan fingerprint density at radius 1 is 1.30 bits per heavy atom. The van der Waals surface area contributed by atoms with Gasteiger partial charge in [-0.3, -0.25) is 4.79 Å². The smallest absolute Gasteiger partial charge is 0.280 e. The first-order valence-corrected chi connectivity index (χ1v) is 7.91. The quantitative estimate of drug-likeness (QED) is 0.768. The fraction of sp³-hybridized carbons (Fsp3) is 0.700. The highest BCUT2D eigenvalue weighted by atomic mass is 32.2. The second kappa shape index (κ2) is 5.75. The van der Waals surface area contributed by atoms with E-state index in [9.17, 15) is 13.2 Å². The Labute approximate surface area is 116 Å². The van der Waals surface area contributed by atoms with Gasteiger partial charge in [-0.1, -0.05) is 6.92 Å². The van der Waals surface area contributed by atoms with Crippen molar-refractivity contribution in [1.29, 1.82) is 0 Å². The summed E-state index contributed by atoms with van der Waals surface area (Å²) >= 11 is 0. The maximum Gasteiger partial charge on any atom is 0.280 e. The molecule has 9 nitrogen and oxygen atoms in total. The summed E-state index contributed by atoms with van der Waals surface area (Å²) in [5.41, 5.74) is 5.43. The Bertz CT molecular complexity index is 576. The van der Waals surface area contributed by atoms with E-state index >= 15 is 0 Å². The summed E-state index contributed by atoms with van der Waals surface area (Å²) < 4.78 is 29.6. The summed E-state index contributed by atoms with van der Waals surface area (Å²) in [4.78, 5) is 13.6. The van der Waals surface area contributed by atoms with Crippen molar-refractivity contribution < 1.29 is 17.8 Å². The van der Waals surface area contributed by atoms with Crippen LogP contribution in [0.5, 0.6) is 0 Å². The van der Waals surface area contributed by atoms with Crippen LogP contribution in [0.4, 0.5) is 5.82 Å². The van der Waals surface area contributed by atoms with Crippen LogP contribution in [-0.2, 0) is 10.0 Å². The van der Waals surface area contributed by atoms with Crippen molar-refractivity contribution in [3.63, 3.8) is 0 Å². The second-order valence-electron chi connectivity index (χ2n) is 4.51. The van der Waals surface area contributed by atoms with Crippen molar-refractivity contribution in [2.75, 3.05) is 37.7 Å². The largest absolute Gasteiger partial charge is 0.379 e. The molecule has 0 unspecified atom stereocenters. The number of sulfonamides is 1. The second-order valence-corrected chi connectivity index (χ2v) is 6.59. The molecule has 1 aromatic rings. The molecule has 1 fully saturated rings. The zero-order chi connectivity index (χ0) is 14.8. The number of carbonyl (C=O) groups excluding carboxylic acids is 1. The van der Waals surface area contributed by atoms with Gasteiger partial charge in [0.15, 0.2) is 0 Å². The summed E-state index contributed by atoms with van der Waals surface area (Å²) in [5, 5.41) is 6.80. The number of hydrogen-bond acceptors (Lipinski definition) is 7. The van der Waals surface area contributed by atoms with Gasteiger partial charge in [0.05, 0.1) is 5.75 Å². The van der Waals surface area contributed by atoms with E-state index in [0.717, 1.165) is 0 Å². The molecule has 1 aromatic heterocycles. The van der Waals surface area contributed by atoms with Crippen LogP contribution in [0.2, 0.25) is 0 Å². The highest BCUT2D eigenvalue weighted by Crippen LogP contribution is 2.13. The highest BCUT2D eigenvalue weighted by Gasteiger charge is 2.30. The number of nitrogen functional groups attached to an aromatic ring is 1. The van der Waals surface area contributed by atoms with Crippen molar-refractivity contribution in [3.8, 4) is 0 Å². The molecule has 0 saturated carbocycles. The molecule has 2 N–H and O–H groups in total. The minimum atomic E-state index is -3.22. The molecule has 1 aliphatic heterocycles. The summed E-state index contributed by atoms with van der Waals surface area (Å²) in [6, 6.07) is 0. The number of aromatic nitrogens is 2. The number of hydrogen-bond donors (Lipinski definition) is 1. The van der Waals surface area contributed by atoms with Crippen LogP contribution in [0.3, 0.4) is 0 Å². The molecule has 2 heterocycles. The molecule has 20 heavy (non-hydrogen) atoms. The average molecular weight is 303 g/mol. The molecule has 0 spiro atoms. The average Bonchev–Trinajstić information content (AvgIpc) is 2.84. The molecule has 0 aromatic carbocycles. The van der Waals surface area contributed by atoms with Gasteiger partial charge >= 0.3 is 0 Å². The lowest BCUT2D eigenvalue weighted by molar-refractivity contribution is 0.0687.